The topological polar surface area (TPSA) is 79.5 Å². The van der Waals surface area contributed by atoms with Gasteiger partial charge < -0.3 is 14.8 Å². The van der Waals surface area contributed by atoms with Gasteiger partial charge >= 0.3 is 0 Å². The highest BCUT2D eigenvalue weighted by Gasteiger charge is 2.19. The van der Waals surface area contributed by atoms with Crippen LogP contribution in [0.2, 0.25) is 0 Å². The predicted molar refractivity (Wildman–Crippen MR) is 92.3 cm³/mol. The molecule has 0 saturated heterocycles. The minimum absolute atomic E-state index is 0.0252. The molecule has 3 aromatic rings. The van der Waals surface area contributed by atoms with Crippen molar-refractivity contribution >= 4 is 22.8 Å². The van der Waals surface area contributed by atoms with E-state index in [2.05, 4.69) is 0 Å². The van der Waals surface area contributed by atoms with Crippen molar-refractivity contribution in [2.75, 3.05) is 0 Å². The van der Waals surface area contributed by atoms with Crippen LogP contribution in [0.25, 0.3) is 17.0 Å². The molecule has 0 unspecified atom stereocenters. The fourth-order valence-corrected chi connectivity index (χ4v) is 2.58. The van der Waals surface area contributed by atoms with Crippen molar-refractivity contribution in [3.8, 4) is 11.5 Å². The summed E-state index contributed by atoms with van der Waals surface area (Å²) in [4.78, 5) is 24.8. The molecule has 0 atom stereocenters. The predicted octanol–water partition coefficient (Wildman–Crippen LogP) is 2.85. The van der Waals surface area contributed by atoms with Crippen LogP contribution in [0.4, 0.5) is 0 Å². The van der Waals surface area contributed by atoms with Crippen LogP contribution in [-0.4, -0.2) is 20.6 Å². The highest BCUT2D eigenvalue weighted by molar-refractivity contribution is 6.11. The van der Waals surface area contributed by atoms with Crippen LogP contribution in [0.1, 0.15) is 15.9 Å². The average molecular weight is 321 g/mol. The Hall–Kier alpha value is -3.34. The summed E-state index contributed by atoms with van der Waals surface area (Å²) in [7, 11) is 1.55. The van der Waals surface area contributed by atoms with Crippen LogP contribution in [-0.2, 0) is 7.05 Å². The monoisotopic (exact) mass is 321 g/mol. The Morgan fingerprint density at radius 2 is 1.71 bits per heavy atom. The number of para-hydroxylation sites is 2. The number of ketones is 1. The van der Waals surface area contributed by atoms with Gasteiger partial charge in [-0.25, -0.2) is 0 Å². The van der Waals surface area contributed by atoms with Gasteiger partial charge in [-0.1, -0.05) is 30.3 Å². The second-order valence-corrected chi connectivity index (χ2v) is 5.36. The van der Waals surface area contributed by atoms with E-state index in [1.807, 2.05) is 0 Å². The van der Waals surface area contributed by atoms with E-state index in [-0.39, 0.29) is 17.1 Å². The molecule has 2 aromatic carbocycles. The summed E-state index contributed by atoms with van der Waals surface area (Å²) in [5.41, 5.74) is 0.130. The third-order valence-corrected chi connectivity index (χ3v) is 3.87. The van der Waals surface area contributed by atoms with Gasteiger partial charge in [0.15, 0.2) is 5.78 Å². The number of phenolic OH excluding ortho intramolecular Hbond substituents is 1. The number of fused-ring (bicyclic) bond motifs is 1. The van der Waals surface area contributed by atoms with E-state index in [1.54, 1.807) is 49.5 Å². The largest absolute Gasteiger partial charge is 0.507 e. The Balaban J connectivity index is 2.11. The van der Waals surface area contributed by atoms with Crippen molar-refractivity contribution < 1.29 is 15.0 Å². The van der Waals surface area contributed by atoms with E-state index in [4.69, 9.17) is 0 Å². The maximum absolute atomic E-state index is 12.4. The first-order valence-corrected chi connectivity index (χ1v) is 7.32. The number of aryl methyl sites for hydroxylation is 1. The lowest BCUT2D eigenvalue weighted by Gasteiger charge is -2.09. The number of hydrogen-bond donors (Lipinski definition) is 2. The van der Waals surface area contributed by atoms with Crippen LogP contribution in [0, 0.1) is 0 Å². The van der Waals surface area contributed by atoms with Crippen molar-refractivity contribution in [3.63, 3.8) is 0 Å². The molecular weight excluding hydrogens is 306 g/mol. The second-order valence-electron chi connectivity index (χ2n) is 5.36. The molecule has 2 N–H and O–H groups in total. The molecule has 120 valence electrons. The zero-order valence-corrected chi connectivity index (χ0v) is 12.9. The molecule has 1 heterocycles. The quantitative estimate of drug-likeness (QED) is 0.574. The highest BCUT2D eigenvalue weighted by atomic mass is 16.3. The first-order chi connectivity index (χ1) is 11.5. The molecule has 5 nitrogen and oxygen atoms in total. The van der Waals surface area contributed by atoms with Crippen LogP contribution in [0.15, 0.2) is 59.4 Å². The van der Waals surface area contributed by atoms with Crippen molar-refractivity contribution in [1.29, 1.82) is 0 Å². The molecule has 0 fully saturated rings. The molecule has 0 bridgehead atoms. The molecular formula is C19H15NO4. The number of aromatic hydroxyl groups is 2. The normalized spacial score (nSPS) is 11.2. The van der Waals surface area contributed by atoms with Gasteiger partial charge in [-0.2, -0.15) is 0 Å². The summed E-state index contributed by atoms with van der Waals surface area (Å²) in [6.07, 6.45) is 2.58. The number of aromatic nitrogens is 1. The second kappa shape index (κ2) is 6.04. The Morgan fingerprint density at radius 1 is 1.04 bits per heavy atom. The van der Waals surface area contributed by atoms with E-state index in [0.717, 1.165) is 0 Å². The number of hydrogen-bond acceptors (Lipinski definition) is 4. The minimum Gasteiger partial charge on any atom is -0.507 e. The lowest BCUT2D eigenvalue weighted by atomic mass is 10.1. The van der Waals surface area contributed by atoms with Gasteiger partial charge in [0.25, 0.3) is 5.56 Å². The summed E-state index contributed by atoms with van der Waals surface area (Å²) >= 11 is 0. The van der Waals surface area contributed by atoms with Gasteiger partial charge in [0.05, 0.1) is 5.52 Å². The average Bonchev–Trinajstić information content (AvgIpc) is 2.59. The molecule has 0 saturated carbocycles. The van der Waals surface area contributed by atoms with E-state index < -0.39 is 11.3 Å². The summed E-state index contributed by atoms with van der Waals surface area (Å²) in [5.74, 6) is -0.931. The third-order valence-electron chi connectivity index (χ3n) is 3.87. The van der Waals surface area contributed by atoms with Crippen molar-refractivity contribution in [2.24, 2.45) is 7.05 Å². The number of nitrogens with zero attached hydrogens (tertiary/aromatic N) is 1. The number of pyridine rings is 1. The van der Waals surface area contributed by atoms with E-state index >= 15 is 0 Å². The van der Waals surface area contributed by atoms with Crippen molar-refractivity contribution in [2.45, 2.75) is 0 Å². The van der Waals surface area contributed by atoms with Gasteiger partial charge in [-0.05, 0) is 30.4 Å². The van der Waals surface area contributed by atoms with Crippen LogP contribution < -0.4 is 5.56 Å². The molecule has 5 heteroatoms. The molecule has 0 spiro atoms. The van der Waals surface area contributed by atoms with Crippen molar-refractivity contribution in [1.82, 2.24) is 4.57 Å². The summed E-state index contributed by atoms with van der Waals surface area (Å²) in [6.45, 7) is 0. The highest BCUT2D eigenvalue weighted by Crippen LogP contribution is 2.26. The number of allylic oxidation sites excluding steroid dienone is 1. The SMILES string of the molecule is Cn1c(=O)c(C(=O)/C=C/c2ccccc2O)c(O)c2ccccc21. The molecule has 0 aliphatic carbocycles. The molecule has 0 amide bonds. The molecule has 3 rings (SSSR count). The fraction of sp³-hybridized carbons (Fsp3) is 0.0526. The van der Waals surface area contributed by atoms with Gasteiger partial charge in [-0.3, -0.25) is 9.59 Å². The Bertz CT molecular complexity index is 1030. The zero-order chi connectivity index (χ0) is 17.3. The van der Waals surface area contributed by atoms with E-state index in [1.165, 1.54) is 22.8 Å². The zero-order valence-electron chi connectivity index (χ0n) is 12.9. The Labute approximate surface area is 137 Å². The number of benzene rings is 2. The van der Waals surface area contributed by atoms with Gasteiger partial charge in [-0.15, -0.1) is 0 Å². The lowest BCUT2D eigenvalue weighted by Crippen LogP contribution is -2.24. The van der Waals surface area contributed by atoms with E-state index in [0.29, 0.717) is 16.5 Å². The summed E-state index contributed by atoms with van der Waals surface area (Å²) in [5, 5.41) is 20.5. The Morgan fingerprint density at radius 3 is 2.46 bits per heavy atom. The van der Waals surface area contributed by atoms with Crippen LogP contribution >= 0.6 is 0 Å². The van der Waals surface area contributed by atoms with Crippen LogP contribution in [0.5, 0.6) is 11.5 Å². The van der Waals surface area contributed by atoms with Crippen LogP contribution in [0.3, 0.4) is 0 Å². The number of phenols is 1. The maximum atomic E-state index is 12.4. The standard InChI is InChI=1S/C19H15NO4/c1-20-14-8-4-3-7-13(14)18(23)17(19(20)24)16(22)11-10-12-6-2-5-9-15(12)21/h2-11,21,23H,1H3/b11-10+. The number of carbonyl (C=O) groups is 1. The number of rotatable bonds is 3. The molecule has 1 aromatic heterocycles. The van der Waals surface area contributed by atoms with Gasteiger partial charge in [0.1, 0.15) is 17.1 Å². The van der Waals surface area contributed by atoms with E-state index in [9.17, 15) is 19.8 Å². The third kappa shape index (κ3) is 2.56. The fourth-order valence-electron chi connectivity index (χ4n) is 2.58. The lowest BCUT2D eigenvalue weighted by molar-refractivity contribution is 0.104. The molecule has 24 heavy (non-hydrogen) atoms. The first kappa shape index (κ1) is 15.6. The minimum atomic E-state index is -0.623. The molecule has 0 aliphatic rings. The Kier molecular flexibility index (Phi) is 3.92. The summed E-state index contributed by atoms with van der Waals surface area (Å²) in [6, 6.07) is 13.3. The van der Waals surface area contributed by atoms with Crippen molar-refractivity contribution in [3.05, 3.63) is 76.1 Å². The molecule has 0 radical (unpaired) electrons. The first-order valence-electron chi connectivity index (χ1n) is 7.32. The van der Waals surface area contributed by atoms with Gasteiger partial charge in [0, 0.05) is 18.0 Å². The maximum Gasteiger partial charge on any atom is 0.265 e. The number of carbonyl (C=O) groups excluding carboxylic acids is 1. The molecule has 0 aliphatic heterocycles. The van der Waals surface area contributed by atoms with Gasteiger partial charge in [0.2, 0.25) is 0 Å². The smallest absolute Gasteiger partial charge is 0.265 e. The summed E-state index contributed by atoms with van der Waals surface area (Å²) < 4.78 is 1.33.